The molecule has 0 radical (unpaired) electrons. The predicted octanol–water partition coefficient (Wildman–Crippen LogP) is 2.91. The van der Waals surface area contributed by atoms with Crippen LogP contribution in [0.3, 0.4) is 0 Å². The first kappa shape index (κ1) is 19.4. The summed E-state index contributed by atoms with van der Waals surface area (Å²) in [6, 6.07) is 6.98. The second-order valence-electron chi connectivity index (χ2n) is 8.36. The van der Waals surface area contributed by atoms with Crippen LogP contribution in [0.15, 0.2) is 33.6 Å². The molecule has 142 valence electrons. The lowest BCUT2D eigenvalue weighted by Gasteiger charge is -2.32. The highest BCUT2D eigenvalue weighted by atomic mass is 32.2. The highest BCUT2D eigenvalue weighted by Gasteiger charge is 2.59. The Labute approximate surface area is 156 Å². The Balaban J connectivity index is 1.68. The van der Waals surface area contributed by atoms with E-state index in [2.05, 4.69) is 32.1 Å². The summed E-state index contributed by atoms with van der Waals surface area (Å²) in [5.41, 5.74) is 0.459. The van der Waals surface area contributed by atoms with Crippen LogP contribution in [0.5, 0.6) is 0 Å². The van der Waals surface area contributed by atoms with E-state index in [4.69, 9.17) is 9.31 Å². The Morgan fingerprint density at radius 1 is 1.12 bits per heavy atom. The Bertz CT molecular complexity index is 787. The van der Waals surface area contributed by atoms with E-state index < -0.39 is 10.0 Å². The van der Waals surface area contributed by atoms with Crippen LogP contribution in [0.4, 0.5) is 0 Å². The van der Waals surface area contributed by atoms with E-state index >= 15 is 0 Å². The number of rotatable bonds is 5. The summed E-state index contributed by atoms with van der Waals surface area (Å²) >= 11 is 0. The van der Waals surface area contributed by atoms with Crippen molar-refractivity contribution < 1.29 is 17.7 Å². The van der Waals surface area contributed by atoms with Crippen molar-refractivity contribution in [1.29, 1.82) is 0 Å². The van der Waals surface area contributed by atoms with Gasteiger partial charge in [-0.3, -0.25) is 0 Å². The van der Waals surface area contributed by atoms with Crippen LogP contribution in [-0.4, -0.2) is 52.1 Å². The van der Waals surface area contributed by atoms with Gasteiger partial charge in [-0.2, -0.15) is 8.42 Å². The topological polar surface area (TPSA) is 68.2 Å². The lowest BCUT2D eigenvalue weighted by Crippen LogP contribution is -2.41. The molecule has 1 aliphatic carbocycles. The van der Waals surface area contributed by atoms with Crippen molar-refractivity contribution in [2.45, 2.75) is 61.9 Å². The fourth-order valence-electron chi connectivity index (χ4n) is 3.07. The minimum absolute atomic E-state index is 0.201. The molecule has 0 amide bonds. The van der Waals surface area contributed by atoms with Gasteiger partial charge >= 0.3 is 7.12 Å². The minimum Gasteiger partial charge on any atom is -0.403 e. The van der Waals surface area contributed by atoms with Gasteiger partial charge in [-0.15, -0.1) is 4.40 Å². The fourth-order valence-corrected chi connectivity index (χ4v) is 3.98. The molecule has 0 N–H and O–H groups in total. The van der Waals surface area contributed by atoms with Gasteiger partial charge in [-0.1, -0.05) is 12.1 Å². The summed E-state index contributed by atoms with van der Waals surface area (Å²) in [6.07, 6.45) is 2.28. The van der Waals surface area contributed by atoms with E-state index in [9.17, 15) is 8.42 Å². The number of hydrogen-bond acceptors (Lipinski definition) is 4. The van der Waals surface area contributed by atoms with Crippen molar-refractivity contribution in [1.82, 2.24) is 4.90 Å². The lowest BCUT2D eigenvalue weighted by atomic mass is 9.79. The smallest absolute Gasteiger partial charge is 0.403 e. The van der Waals surface area contributed by atoms with Gasteiger partial charge < -0.3 is 14.2 Å². The zero-order valence-corrected chi connectivity index (χ0v) is 17.1. The average molecular weight is 378 g/mol. The summed E-state index contributed by atoms with van der Waals surface area (Å²) in [5, 5.41) is 0. The lowest BCUT2D eigenvalue weighted by molar-refractivity contribution is 0.00578. The predicted molar refractivity (Wildman–Crippen MR) is 103 cm³/mol. The molecule has 3 rings (SSSR count). The first-order valence-electron chi connectivity index (χ1n) is 8.85. The van der Waals surface area contributed by atoms with E-state index in [1.807, 2.05) is 12.1 Å². The third kappa shape index (κ3) is 3.68. The van der Waals surface area contributed by atoms with Gasteiger partial charge in [-0.25, -0.2) is 0 Å². The molecule has 1 saturated heterocycles. The summed E-state index contributed by atoms with van der Waals surface area (Å²) in [7, 11) is -0.415. The molecule has 1 saturated carbocycles. The molecule has 6 nitrogen and oxygen atoms in total. The molecule has 2 fully saturated rings. The van der Waals surface area contributed by atoms with Gasteiger partial charge in [-0.05, 0) is 57.7 Å². The molecular formula is C18H27BN2O4S. The van der Waals surface area contributed by atoms with Crippen LogP contribution >= 0.6 is 0 Å². The molecule has 0 bridgehead atoms. The van der Waals surface area contributed by atoms with Gasteiger partial charge in [0.25, 0.3) is 10.0 Å². The molecule has 0 aromatic heterocycles. The van der Waals surface area contributed by atoms with Crippen molar-refractivity contribution >= 4 is 23.5 Å². The normalized spacial score (nSPS) is 27.1. The van der Waals surface area contributed by atoms with Gasteiger partial charge in [0.15, 0.2) is 0 Å². The van der Waals surface area contributed by atoms with E-state index in [0.717, 1.165) is 12.0 Å². The molecule has 1 aromatic carbocycles. The summed E-state index contributed by atoms with van der Waals surface area (Å²) in [6.45, 7) is 8.22. The second kappa shape index (κ2) is 6.35. The fraction of sp³-hybridized carbons (Fsp3) is 0.611. The van der Waals surface area contributed by atoms with Gasteiger partial charge in [0.1, 0.15) is 6.34 Å². The van der Waals surface area contributed by atoms with Crippen molar-refractivity contribution in [3.05, 3.63) is 29.8 Å². The largest absolute Gasteiger partial charge is 0.461 e. The molecule has 26 heavy (non-hydrogen) atoms. The van der Waals surface area contributed by atoms with E-state index in [1.165, 1.54) is 6.34 Å². The van der Waals surface area contributed by atoms with Crippen LogP contribution in [0, 0.1) is 0 Å². The van der Waals surface area contributed by atoms with Gasteiger partial charge in [0, 0.05) is 19.9 Å². The standard InChI is InChI=1S/C18H27BN2O4S/c1-17(2)18(3,4)25-19(24-17)16-11-15(16)13-7-9-14(10-8-13)26(22,23)20-12-21(5)6/h7-10,12,15-16H,11H2,1-6H3/b20-12+/t15-,16+/m0/s1. The van der Waals surface area contributed by atoms with Gasteiger partial charge in [0.2, 0.25) is 0 Å². The summed E-state index contributed by atoms with van der Waals surface area (Å²) < 4.78 is 40.3. The van der Waals surface area contributed by atoms with E-state index in [-0.39, 0.29) is 23.2 Å². The van der Waals surface area contributed by atoms with Crippen LogP contribution in [0.1, 0.15) is 45.6 Å². The Morgan fingerprint density at radius 2 is 1.65 bits per heavy atom. The number of nitrogens with zero attached hydrogens (tertiary/aromatic N) is 2. The third-order valence-corrected chi connectivity index (χ3v) is 6.72. The zero-order valence-electron chi connectivity index (χ0n) is 16.3. The quantitative estimate of drug-likeness (QED) is 0.448. The van der Waals surface area contributed by atoms with Crippen molar-refractivity contribution in [3.8, 4) is 0 Å². The number of sulfonamides is 1. The zero-order chi connectivity index (χ0) is 19.3. The van der Waals surface area contributed by atoms with Gasteiger partial charge in [0.05, 0.1) is 16.1 Å². The van der Waals surface area contributed by atoms with E-state index in [0.29, 0.717) is 11.7 Å². The van der Waals surface area contributed by atoms with Crippen molar-refractivity contribution in [2.24, 2.45) is 4.40 Å². The molecule has 0 spiro atoms. The molecular weight excluding hydrogens is 351 g/mol. The Hall–Kier alpha value is -1.38. The summed E-state index contributed by atoms with van der Waals surface area (Å²) in [4.78, 5) is 1.79. The SMILES string of the molecule is CN(C)/C=N/S(=O)(=O)c1ccc([C@@H]2C[C@H]2B2OC(C)(C)C(C)(C)O2)cc1. The third-order valence-electron chi connectivity index (χ3n) is 5.48. The molecule has 2 aliphatic rings. The Morgan fingerprint density at radius 3 is 2.15 bits per heavy atom. The van der Waals surface area contributed by atoms with Crippen molar-refractivity contribution in [2.75, 3.05) is 14.1 Å². The number of hydrogen-bond donors (Lipinski definition) is 0. The molecule has 2 atom stereocenters. The maximum atomic E-state index is 12.2. The first-order chi connectivity index (χ1) is 11.9. The number of benzene rings is 1. The molecule has 0 unspecified atom stereocenters. The molecule has 1 heterocycles. The second-order valence-corrected chi connectivity index (χ2v) is 9.99. The Kier molecular flexibility index (Phi) is 4.74. The van der Waals surface area contributed by atoms with Crippen LogP contribution < -0.4 is 0 Å². The molecule has 1 aliphatic heterocycles. The maximum Gasteiger partial charge on any atom is 0.461 e. The molecule has 8 heteroatoms. The highest BCUT2D eigenvalue weighted by molar-refractivity contribution is 7.90. The van der Waals surface area contributed by atoms with E-state index in [1.54, 1.807) is 31.1 Å². The molecule has 1 aromatic rings. The van der Waals surface area contributed by atoms with Crippen molar-refractivity contribution in [3.63, 3.8) is 0 Å². The van der Waals surface area contributed by atoms with Crippen LogP contribution in [0.25, 0.3) is 0 Å². The average Bonchev–Trinajstić information content (AvgIpc) is 3.28. The van der Waals surface area contributed by atoms with Crippen LogP contribution in [-0.2, 0) is 19.3 Å². The first-order valence-corrected chi connectivity index (χ1v) is 10.3. The monoisotopic (exact) mass is 378 g/mol. The summed E-state index contributed by atoms with van der Waals surface area (Å²) in [5.74, 6) is 0.650. The maximum absolute atomic E-state index is 12.2. The minimum atomic E-state index is -3.66. The van der Waals surface area contributed by atoms with Crippen LogP contribution in [0.2, 0.25) is 5.82 Å². The highest BCUT2D eigenvalue weighted by Crippen LogP contribution is 2.58.